The van der Waals surface area contributed by atoms with Crippen molar-refractivity contribution in [2.24, 2.45) is 0 Å². The molecule has 0 aromatic heterocycles. The molecule has 0 saturated carbocycles. The van der Waals surface area contributed by atoms with Crippen LogP contribution in [-0.2, 0) is 4.74 Å². The molecular weight excluding hydrogens is 302 g/mol. The van der Waals surface area contributed by atoms with Crippen molar-refractivity contribution in [1.82, 2.24) is 5.32 Å². The normalized spacial score (nSPS) is 11.8. The van der Waals surface area contributed by atoms with Gasteiger partial charge in [-0.3, -0.25) is 4.79 Å². The van der Waals surface area contributed by atoms with Crippen LogP contribution in [0.1, 0.15) is 22.0 Å². The van der Waals surface area contributed by atoms with Gasteiger partial charge in [-0.1, -0.05) is 35.9 Å². The number of methoxy groups -OCH3 is 2. The number of para-hydroxylation sites is 1. The lowest BCUT2D eigenvalue weighted by atomic mass is 10.1. The van der Waals surface area contributed by atoms with Gasteiger partial charge in [-0.15, -0.1) is 0 Å². The second-order valence-electron chi connectivity index (χ2n) is 4.69. The van der Waals surface area contributed by atoms with E-state index < -0.39 is 0 Å². The maximum Gasteiger partial charge on any atom is 0.251 e. The first-order chi connectivity index (χ1) is 10.7. The number of ether oxygens (including phenoxy) is 2. The summed E-state index contributed by atoms with van der Waals surface area (Å²) < 4.78 is 10.8. The minimum absolute atomic E-state index is 0.195. The number of halogens is 1. The first kappa shape index (κ1) is 16.3. The van der Waals surface area contributed by atoms with Crippen molar-refractivity contribution in [2.45, 2.75) is 6.10 Å². The first-order valence-electron chi connectivity index (χ1n) is 6.85. The van der Waals surface area contributed by atoms with E-state index in [1.165, 1.54) is 0 Å². The predicted molar refractivity (Wildman–Crippen MR) is 86.5 cm³/mol. The first-order valence-corrected chi connectivity index (χ1v) is 7.23. The van der Waals surface area contributed by atoms with Crippen LogP contribution in [0, 0.1) is 0 Å². The predicted octanol–water partition coefficient (Wildman–Crippen LogP) is 3.47. The van der Waals surface area contributed by atoms with Crippen molar-refractivity contribution in [3.8, 4) is 5.75 Å². The topological polar surface area (TPSA) is 47.6 Å². The van der Waals surface area contributed by atoms with Gasteiger partial charge in [-0.2, -0.15) is 0 Å². The van der Waals surface area contributed by atoms with Gasteiger partial charge >= 0.3 is 0 Å². The Morgan fingerprint density at radius 3 is 2.64 bits per heavy atom. The molecule has 0 aliphatic rings. The van der Waals surface area contributed by atoms with Gasteiger partial charge < -0.3 is 14.8 Å². The van der Waals surface area contributed by atoms with Crippen molar-refractivity contribution < 1.29 is 14.3 Å². The molecule has 1 N–H and O–H groups in total. The van der Waals surface area contributed by atoms with E-state index in [4.69, 9.17) is 21.1 Å². The van der Waals surface area contributed by atoms with Crippen molar-refractivity contribution in [2.75, 3.05) is 20.8 Å². The minimum atomic E-state index is -0.292. The summed E-state index contributed by atoms with van der Waals surface area (Å²) in [4.78, 5) is 12.1. The van der Waals surface area contributed by atoms with Crippen LogP contribution in [0.5, 0.6) is 5.75 Å². The van der Waals surface area contributed by atoms with Crippen molar-refractivity contribution in [1.29, 1.82) is 0 Å². The van der Waals surface area contributed by atoms with Gasteiger partial charge in [0, 0.05) is 29.8 Å². The monoisotopic (exact) mass is 319 g/mol. The van der Waals surface area contributed by atoms with Crippen molar-refractivity contribution in [3.63, 3.8) is 0 Å². The zero-order chi connectivity index (χ0) is 15.9. The molecule has 2 aromatic carbocycles. The Balaban J connectivity index is 2.06. The van der Waals surface area contributed by atoms with Crippen molar-refractivity contribution >= 4 is 17.5 Å². The Bertz CT molecular complexity index is 645. The number of rotatable bonds is 6. The summed E-state index contributed by atoms with van der Waals surface area (Å²) in [5.41, 5.74) is 1.40. The lowest BCUT2D eigenvalue weighted by Crippen LogP contribution is -2.29. The van der Waals surface area contributed by atoms with Gasteiger partial charge in [-0.25, -0.2) is 0 Å². The van der Waals surface area contributed by atoms with Crippen LogP contribution < -0.4 is 10.1 Å². The van der Waals surface area contributed by atoms with E-state index in [2.05, 4.69) is 5.32 Å². The Labute approximate surface area is 135 Å². The van der Waals surface area contributed by atoms with Crippen LogP contribution in [0.4, 0.5) is 0 Å². The van der Waals surface area contributed by atoms with Crippen LogP contribution in [0.3, 0.4) is 0 Å². The summed E-state index contributed by atoms with van der Waals surface area (Å²) in [6, 6.07) is 14.4. The zero-order valence-corrected chi connectivity index (χ0v) is 13.3. The Hall–Kier alpha value is -2.04. The lowest BCUT2D eigenvalue weighted by Gasteiger charge is -2.19. The van der Waals surface area contributed by atoms with E-state index in [9.17, 15) is 4.79 Å². The van der Waals surface area contributed by atoms with E-state index >= 15 is 0 Å². The summed E-state index contributed by atoms with van der Waals surface area (Å²) >= 11 is 5.89. The number of nitrogens with one attached hydrogen (secondary N) is 1. The average Bonchev–Trinajstić information content (AvgIpc) is 2.55. The molecule has 0 aliphatic carbocycles. The molecule has 22 heavy (non-hydrogen) atoms. The summed E-state index contributed by atoms with van der Waals surface area (Å²) in [5, 5.41) is 3.38. The van der Waals surface area contributed by atoms with Crippen LogP contribution >= 0.6 is 11.6 Å². The molecule has 1 atom stereocenters. The molecule has 0 fully saturated rings. The van der Waals surface area contributed by atoms with Crippen LogP contribution in [0.15, 0.2) is 48.5 Å². The molecule has 116 valence electrons. The number of carbonyl (C=O) groups excluding carboxylic acids is 1. The Morgan fingerprint density at radius 1 is 1.18 bits per heavy atom. The fourth-order valence-corrected chi connectivity index (χ4v) is 2.36. The standard InChI is InChI=1S/C17H18ClNO3/c1-21-15-9-4-3-8-14(15)16(22-2)11-19-17(20)12-6-5-7-13(18)10-12/h3-10,16H,11H2,1-2H3,(H,19,20). The summed E-state index contributed by atoms with van der Waals surface area (Å²) in [5.74, 6) is 0.533. The van der Waals surface area contributed by atoms with E-state index in [0.29, 0.717) is 17.1 Å². The molecule has 0 heterocycles. The highest BCUT2D eigenvalue weighted by Gasteiger charge is 2.16. The molecular formula is C17H18ClNO3. The minimum Gasteiger partial charge on any atom is -0.496 e. The smallest absolute Gasteiger partial charge is 0.251 e. The van der Waals surface area contributed by atoms with Crippen LogP contribution in [0.2, 0.25) is 5.02 Å². The molecule has 1 unspecified atom stereocenters. The van der Waals surface area contributed by atoms with E-state index in [1.54, 1.807) is 38.5 Å². The summed E-state index contributed by atoms with van der Waals surface area (Å²) in [6.07, 6.45) is -0.292. The number of hydrogen-bond acceptors (Lipinski definition) is 3. The molecule has 2 aromatic rings. The Morgan fingerprint density at radius 2 is 1.95 bits per heavy atom. The number of hydrogen-bond donors (Lipinski definition) is 1. The largest absolute Gasteiger partial charge is 0.496 e. The van der Waals surface area contributed by atoms with Gasteiger partial charge in [0.05, 0.1) is 7.11 Å². The second kappa shape index (κ2) is 7.82. The zero-order valence-electron chi connectivity index (χ0n) is 12.5. The third-order valence-electron chi connectivity index (χ3n) is 3.31. The second-order valence-corrected chi connectivity index (χ2v) is 5.12. The highest BCUT2D eigenvalue weighted by Crippen LogP contribution is 2.26. The quantitative estimate of drug-likeness (QED) is 0.887. The average molecular weight is 320 g/mol. The molecule has 4 nitrogen and oxygen atoms in total. The molecule has 0 radical (unpaired) electrons. The fraction of sp³-hybridized carbons (Fsp3) is 0.235. The van der Waals surface area contributed by atoms with Crippen LogP contribution in [0.25, 0.3) is 0 Å². The number of benzene rings is 2. The van der Waals surface area contributed by atoms with E-state index in [0.717, 1.165) is 11.3 Å². The van der Waals surface area contributed by atoms with Gasteiger partial charge in [0.2, 0.25) is 0 Å². The third kappa shape index (κ3) is 4.00. The molecule has 0 aliphatic heterocycles. The summed E-state index contributed by atoms with van der Waals surface area (Å²) in [6.45, 7) is 0.336. The fourth-order valence-electron chi connectivity index (χ4n) is 2.17. The van der Waals surface area contributed by atoms with Gasteiger partial charge in [-0.05, 0) is 24.3 Å². The maximum absolute atomic E-state index is 12.1. The third-order valence-corrected chi connectivity index (χ3v) is 3.54. The van der Waals surface area contributed by atoms with Crippen LogP contribution in [-0.4, -0.2) is 26.7 Å². The van der Waals surface area contributed by atoms with Gasteiger partial charge in [0.25, 0.3) is 5.91 Å². The Kier molecular flexibility index (Phi) is 5.81. The molecule has 2 rings (SSSR count). The highest BCUT2D eigenvalue weighted by molar-refractivity contribution is 6.30. The van der Waals surface area contributed by atoms with Crippen molar-refractivity contribution in [3.05, 3.63) is 64.7 Å². The van der Waals surface area contributed by atoms with Gasteiger partial charge in [0.15, 0.2) is 0 Å². The summed E-state index contributed by atoms with van der Waals surface area (Å²) in [7, 11) is 3.21. The molecule has 0 saturated heterocycles. The molecule has 0 spiro atoms. The SMILES string of the molecule is COc1ccccc1C(CNC(=O)c1cccc(Cl)c1)OC. The molecule has 5 heteroatoms. The lowest BCUT2D eigenvalue weighted by molar-refractivity contribution is 0.0819. The highest BCUT2D eigenvalue weighted by atomic mass is 35.5. The number of carbonyl (C=O) groups is 1. The maximum atomic E-state index is 12.1. The molecule has 1 amide bonds. The number of amides is 1. The van der Waals surface area contributed by atoms with E-state index in [1.807, 2.05) is 24.3 Å². The van der Waals surface area contributed by atoms with Gasteiger partial charge in [0.1, 0.15) is 11.9 Å². The van der Waals surface area contributed by atoms with E-state index in [-0.39, 0.29) is 12.0 Å². The molecule has 0 bridgehead atoms.